The number of nitrogens with two attached hydrogens (primary N) is 1. The summed E-state index contributed by atoms with van der Waals surface area (Å²) in [5, 5.41) is 35.7. The number of hydrogen-bond acceptors (Lipinski definition) is 8. The van der Waals surface area contributed by atoms with Crippen molar-refractivity contribution in [2.24, 2.45) is 17.6 Å². The SMILES string of the molecule is CC(C)C[C@H](N)C(=O)N[C@@H](CCC(=O)O)C(=O)N[C@H](C(=O)N[C@@H](CC(=O)O)C(=O)NCC(=O)O)C(C)C. The summed E-state index contributed by atoms with van der Waals surface area (Å²) in [4.78, 5) is 83.3. The highest BCUT2D eigenvalue weighted by Gasteiger charge is 2.33. The van der Waals surface area contributed by atoms with Crippen molar-refractivity contribution in [1.82, 2.24) is 21.3 Å². The summed E-state index contributed by atoms with van der Waals surface area (Å²) >= 11 is 0. The van der Waals surface area contributed by atoms with Crippen LogP contribution in [-0.2, 0) is 33.6 Å². The van der Waals surface area contributed by atoms with E-state index in [4.69, 9.17) is 21.1 Å². The van der Waals surface area contributed by atoms with E-state index in [0.717, 1.165) is 0 Å². The first-order chi connectivity index (χ1) is 17.0. The molecule has 0 fully saturated rings. The van der Waals surface area contributed by atoms with Gasteiger partial charge in [0.15, 0.2) is 0 Å². The zero-order valence-corrected chi connectivity index (χ0v) is 21.3. The van der Waals surface area contributed by atoms with Gasteiger partial charge in [0.2, 0.25) is 23.6 Å². The number of nitrogens with one attached hydrogen (secondary N) is 4. The van der Waals surface area contributed by atoms with Gasteiger partial charge in [-0.3, -0.25) is 33.6 Å². The summed E-state index contributed by atoms with van der Waals surface area (Å²) in [6.45, 7) is 5.97. The van der Waals surface area contributed by atoms with Crippen LogP contribution in [0.3, 0.4) is 0 Å². The molecule has 4 amide bonds. The van der Waals surface area contributed by atoms with Gasteiger partial charge >= 0.3 is 17.9 Å². The lowest BCUT2D eigenvalue weighted by Crippen LogP contribution is -2.59. The summed E-state index contributed by atoms with van der Waals surface area (Å²) in [6.07, 6.45) is -1.32. The van der Waals surface area contributed by atoms with Crippen LogP contribution in [0.5, 0.6) is 0 Å². The number of carboxylic acids is 3. The van der Waals surface area contributed by atoms with Gasteiger partial charge in [-0.25, -0.2) is 0 Å². The molecule has 0 spiro atoms. The van der Waals surface area contributed by atoms with Crippen molar-refractivity contribution in [2.45, 2.75) is 77.5 Å². The molecular weight excluding hydrogens is 494 g/mol. The molecule has 0 saturated carbocycles. The number of carboxylic acid groups (broad SMARTS) is 3. The molecule has 0 aliphatic heterocycles. The van der Waals surface area contributed by atoms with Crippen LogP contribution in [0.2, 0.25) is 0 Å². The zero-order chi connectivity index (χ0) is 28.9. The molecule has 9 N–H and O–H groups in total. The summed E-state index contributed by atoms with van der Waals surface area (Å²) in [7, 11) is 0. The minimum absolute atomic E-state index is 0.0764. The third-order valence-corrected chi connectivity index (χ3v) is 5.01. The van der Waals surface area contributed by atoms with Gasteiger partial charge in [-0.05, 0) is 24.7 Å². The van der Waals surface area contributed by atoms with E-state index >= 15 is 0 Å². The average molecular weight is 532 g/mol. The van der Waals surface area contributed by atoms with Gasteiger partial charge in [0.25, 0.3) is 0 Å². The summed E-state index contributed by atoms with van der Waals surface area (Å²) in [5.74, 6) is -8.13. The normalized spacial score (nSPS) is 14.1. The molecule has 0 radical (unpaired) electrons. The Labute approximate surface area is 213 Å². The third kappa shape index (κ3) is 13.8. The number of aliphatic carboxylic acids is 3. The molecular formula is C22H37N5O10. The van der Waals surface area contributed by atoms with Crippen LogP contribution in [0.1, 0.15) is 53.4 Å². The van der Waals surface area contributed by atoms with E-state index < -0.39 is 91.0 Å². The smallest absolute Gasteiger partial charge is 0.322 e. The molecule has 15 nitrogen and oxygen atoms in total. The Morgan fingerprint density at radius 3 is 1.73 bits per heavy atom. The van der Waals surface area contributed by atoms with Gasteiger partial charge in [0, 0.05) is 6.42 Å². The van der Waals surface area contributed by atoms with E-state index in [1.807, 2.05) is 19.2 Å². The first-order valence-electron chi connectivity index (χ1n) is 11.6. The third-order valence-electron chi connectivity index (χ3n) is 5.01. The van der Waals surface area contributed by atoms with E-state index in [0.29, 0.717) is 6.42 Å². The fourth-order valence-corrected chi connectivity index (χ4v) is 3.15. The van der Waals surface area contributed by atoms with E-state index in [-0.39, 0.29) is 12.3 Å². The van der Waals surface area contributed by atoms with Crippen LogP contribution < -0.4 is 27.0 Å². The first kappa shape index (κ1) is 33.2. The van der Waals surface area contributed by atoms with Gasteiger partial charge in [-0.2, -0.15) is 0 Å². The van der Waals surface area contributed by atoms with Crippen molar-refractivity contribution < 1.29 is 48.9 Å². The Morgan fingerprint density at radius 2 is 1.27 bits per heavy atom. The van der Waals surface area contributed by atoms with Crippen LogP contribution in [-0.4, -0.2) is 87.6 Å². The molecule has 0 aromatic heterocycles. The Balaban J connectivity index is 5.64. The van der Waals surface area contributed by atoms with Crippen molar-refractivity contribution in [1.29, 1.82) is 0 Å². The van der Waals surface area contributed by atoms with Gasteiger partial charge in [-0.15, -0.1) is 0 Å². The van der Waals surface area contributed by atoms with Crippen LogP contribution in [0.4, 0.5) is 0 Å². The second-order valence-electron chi connectivity index (χ2n) is 9.23. The second-order valence-corrected chi connectivity index (χ2v) is 9.23. The topological polar surface area (TPSA) is 254 Å². The van der Waals surface area contributed by atoms with E-state index in [1.54, 1.807) is 13.8 Å². The van der Waals surface area contributed by atoms with Gasteiger partial charge in [-0.1, -0.05) is 27.7 Å². The first-order valence-corrected chi connectivity index (χ1v) is 11.6. The summed E-state index contributed by atoms with van der Waals surface area (Å²) < 4.78 is 0. The number of rotatable bonds is 17. The predicted octanol–water partition coefficient (Wildman–Crippen LogP) is -1.99. The van der Waals surface area contributed by atoms with Gasteiger partial charge in [0.1, 0.15) is 24.7 Å². The molecule has 0 aromatic rings. The number of carbonyl (C=O) groups excluding carboxylic acids is 4. The highest BCUT2D eigenvalue weighted by atomic mass is 16.4. The second kappa shape index (κ2) is 16.1. The largest absolute Gasteiger partial charge is 0.481 e. The molecule has 0 aliphatic carbocycles. The van der Waals surface area contributed by atoms with Crippen LogP contribution in [0.15, 0.2) is 0 Å². The van der Waals surface area contributed by atoms with E-state index in [9.17, 15) is 33.6 Å². The molecule has 0 aliphatic rings. The minimum Gasteiger partial charge on any atom is -0.481 e. The molecule has 15 heteroatoms. The molecule has 210 valence electrons. The predicted molar refractivity (Wildman–Crippen MR) is 128 cm³/mol. The fraction of sp³-hybridized carbons (Fsp3) is 0.682. The Morgan fingerprint density at radius 1 is 0.703 bits per heavy atom. The maximum absolute atomic E-state index is 13.0. The van der Waals surface area contributed by atoms with Crippen molar-refractivity contribution in [3.05, 3.63) is 0 Å². The number of amides is 4. The summed E-state index contributed by atoms with van der Waals surface area (Å²) in [5.41, 5.74) is 5.84. The Hall–Kier alpha value is -3.75. The molecule has 0 heterocycles. The van der Waals surface area contributed by atoms with Crippen LogP contribution in [0, 0.1) is 11.8 Å². The van der Waals surface area contributed by atoms with E-state index in [1.165, 1.54) is 0 Å². The highest BCUT2D eigenvalue weighted by Crippen LogP contribution is 2.08. The molecule has 4 atom stereocenters. The minimum atomic E-state index is -1.64. The van der Waals surface area contributed by atoms with Crippen molar-refractivity contribution in [3.8, 4) is 0 Å². The van der Waals surface area contributed by atoms with Gasteiger partial charge in [0.05, 0.1) is 12.5 Å². The molecule has 0 rings (SSSR count). The van der Waals surface area contributed by atoms with E-state index in [2.05, 4.69) is 16.0 Å². The Kier molecular flexibility index (Phi) is 14.5. The zero-order valence-electron chi connectivity index (χ0n) is 21.3. The van der Waals surface area contributed by atoms with Crippen molar-refractivity contribution in [3.63, 3.8) is 0 Å². The molecule has 37 heavy (non-hydrogen) atoms. The summed E-state index contributed by atoms with van der Waals surface area (Å²) in [6, 6.07) is -5.25. The van der Waals surface area contributed by atoms with Crippen molar-refractivity contribution in [2.75, 3.05) is 6.54 Å². The van der Waals surface area contributed by atoms with Crippen molar-refractivity contribution >= 4 is 41.5 Å². The lowest BCUT2D eigenvalue weighted by atomic mass is 10.0. The quantitative estimate of drug-likeness (QED) is 0.102. The average Bonchev–Trinajstić information content (AvgIpc) is 2.76. The lowest BCUT2D eigenvalue weighted by Gasteiger charge is -2.27. The highest BCUT2D eigenvalue weighted by molar-refractivity contribution is 5.96. The fourth-order valence-electron chi connectivity index (χ4n) is 3.15. The number of hydrogen-bond donors (Lipinski definition) is 8. The molecule has 0 saturated heterocycles. The number of carbonyl (C=O) groups is 7. The monoisotopic (exact) mass is 531 g/mol. The molecule has 0 aromatic carbocycles. The standard InChI is InChI=1S/C22H37N5O10/c1-10(2)7-12(23)19(34)25-13(5-6-15(28)29)21(36)27-18(11(3)4)22(37)26-14(8-16(30)31)20(35)24-9-17(32)33/h10-14,18H,5-9,23H2,1-4H3,(H,24,35)(H,25,34)(H,26,37)(H,27,36)(H,28,29)(H,30,31)(H,32,33)/t12-,13-,14-,18-/m0/s1. The molecule has 0 unspecified atom stereocenters. The maximum atomic E-state index is 13.0. The Bertz CT molecular complexity index is 861. The van der Waals surface area contributed by atoms with Crippen LogP contribution >= 0.6 is 0 Å². The lowest BCUT2D eigenvalue weighted by molar-refractivity contribution is -0.142. The maximum Gasteiger partial charge on any atom is 0.322 e. The van der Waals surface area contributed by atoms with Gasteiger partial charge < -0.3 is 42.3 Å². The van der Waals surface area contributed by atoms with Crippen LogP contribution in [0.25, 0.3) is 0 Å². The molecule has 0 bridgehead atoms.